The molecule has 1 aromatic rings. The van der Waals surface area contributed by atoms with Gasteiger partial charge in [0.15, 0.2) is 0 Å². The highest BCUT2D eigenvalue weighted by atomic mass is 16.4. The summed E-state index contributed by atoms with van der Waals surface area (Å²) in [5.74, 6) is -0.989. The lowest BCUT2D eigenvalue weighted by Crippen LogP contribution is -2.20. The van der Waals surface area contributed by atoms with Crippen molar-refractivity contribution in [2.75, 3.05) is 0 Å². The smallest absolute Gasteiger partial charge is 0.325 e. The summed E-state index contributed by atoms with van der Waals surface area (Å²) in [5, 5.41) is 17.4. The van der Waals surface area contributed by atoms with Crippen molar-refractivity contribution < 1.29 is 15.0 Å². The Bertz CT molecular complexity index is 282. The molecule has 4 nitrogen and oxygen atoms in total. The SMILES string of the molecule is CC.N[C@H](C(=O)O)c1ccc(O)cc1. The van der Waals surface area contributed by atoms with Gasteiger partial charge in [-0.15, -0.1) is 0 Å². The monoisotopic (exact) mass is 197 g/mol. The van der Waals surface area contributed by atoms with E-state index in [1.807, 2.05) is 13.8 Å². The zero-order chi connectivity index (χ0) is 11.1. The molecule has 4 N–H and O–H groups in total. The number of aliphatic carboxylic acids is 1. The predicted octanol–water partition coefficient (Wildman–Crippen LogP) is 1.50. The molecule has 0 aliphatic heterocycles. The lowest BCUT2D eigenvalue weighted by molar-refractivity contribution is -0.138. The third kappa shape index (κ3) is 3.45. The minimum absolute atomic E-state index is 0.0938. The summed E-state index contributed by atoms with van der Waals surface area (Å²) in [6, 6.07) is 4.74. The van der Waals surface area contributed by atoms with Crippen LogP contribution in [0.3, 0.4) is 0 Å². The third-order valence-electron chi connectivity index (χ3n) is 1.52. The number of carboxylic acids is 1. The van der Waals surface area contributed by atoms with Crippen LogP contribution in [0.1, 0.15) is 25.5 Å². The van der Waals surface area contributed by atoms with Gasteiger partial charge in [0, 0.05) is 0 Å². The van der Waals surface area contributed by atoms with Gasteiger partial charge in [0.2, 0.25) is 0 Å². The van der Waals surface area contributed by atoms with E-state index < -0.39 is 12.0 Å². The topological polar surface area (TPSA) is 83.6 Å². The lowest BCUT2D eigenvalue weighted by atomic mass is 10.1. The van der Waals surface area contributed by atoms with Gasteiger partial charge in [-0.1, -0.05) is 26.0 Å². The average molecular weight is 197 g/mol. The summed E-state index contributed by atoms with van der Waals surface area (Å²) in [6.07, 6.45) is 0. The van der Waals surface area contributed by atoms with Crippen LogP contribution in [0.4, 0.5) is 0 Å². The summed E-state index contributed by atoms with van der Waals surface area (Å²) < 4.78 is 0. The number of benzene rings is 1. The number of carboxylic acid groups (broad SMARTS) is 1. The van der Waals surface area contributed by atoms with Gasteiger partial charge in [-0.05, 0) is 17.7 Å². The molecule has 0 fully saturated rings. The van der Waals surface area contributed by atoms with E-state index in [-0.39, 0.29) is 5.75 Å². The Balaban J connectivity index is 0.000000791. The van der Waals surface area contributed by atoms with E-state index in [4.69, 9.17) is 15.9 Å². The molecule has 0 aromatic heterocycles. The number of hydrogen-bond acceptors (Lipinski definition) is 3. The van der Waals surface area contributed by atoms with Crippen LogP contribution in [0.25, 0.3) is 0 Å². The molecule has 0 amide bonds. The average Bonchev–Trinajstić information content (AvgIpc) is 2.21. The van der Waals surface area contributed by atoms with Crippen molar-refractivity contribution in [2.24, 2.45) is 5.73 Å². The van der Waals surface area contributed by atoms with Gasteiger partial charge in [0.25, 0.3) is 0 Å². The highest BCUT2D eigenvalue weighted by Gasteiger charge is 2.13. The fraction of sp³-hybridized carbons (Fsp3) is 0.300. The van der Waals surface area contributed by atoms with Crippen LogP contribution >= 0.6 is 0 Å². The molecule has 0 radical (unpaired) electrons. The van der Waals surface area contributed by atoms with Crippen molar-refractivity contribution in [3.8, 4) is 5.75 Å². The second kappa shape index (κ2) is 5.99. The van der Waals surface area contributed by atoms with Crippen molar-refractivity contribution in [3.63, 3.8) is 0 Å². The minimum Gasteiger partial charge on any atom is -0.508 e. The Morgan fingerprint density at radius 1 is 1.29 bits per heavy atom. The molecule has 0 unspecified atom stereocenters. The van der Waals surface area contributed by atoms with Gasteiger partial charge in [-0.3, -0.25) is 4.79 Å². The molecule has 0 bridgehead atoms. The Morgan fingerprint density at radius 3 is 2.07 bits per heavy atom. The second-order valence-electron chi connectivity index (χ2n) is 2.41. The van der Waals surface area contributed by atoms with Crippen molar-refractivity contribution >= 4 is 5.97 Å². The van der Waals surface area contributed by atoms with Crippen LogP contribution in [0.5, 0.6) is 5.75 Å². The van der Waals surface area contributed by atoms with Gasteiger partial charge >= 0.3 is 5.97 Å². The predicted molar refractivity (Wildman–Crippen MR) is 54.0 cm³/mol. The van der Waals surface area contributed by atoms with Crippen LogP contribution in [-0.4, -0.2) is 16.2 Å². The maximum atomic E-state index is 10.4. The molecule has 0 spiro atoms. The molecule has 78 valence electrons. The number of carbonyl (C=O) groups is 1. The molecule has 4 heteroatoms. The number of hydrogen-bond donors (Lipinski definition) is 3. The standard InChI is InChI=1S/C8H9NO3.C2H6/c9-7(8(11)12)5-1-3-6(10)4-2-5;1-2/h1-4,7,10H,9H2,(H,11,12);1-2H3/t7-;/m0./s1. The van der Waals surface area contributed by atoms with Crippen LogP contribution in [0.2, 0.25) is 0 Å². The minimum atomic E-state index is -1.08. The fourth-order valence-corrected chi connectivity index (χ4v) is 0.824. The van der Waals surface area contributed by atoms with E-state index in [2.05, 4.69) is 0 Å². The largest absolute Gasteiger partial charge is 0.508 e. The van der Waals surface area contributed by atoms with E-state index in [0.29, 0.717) is 5.56 Å². The molecule has 1 rings (SSSR count). The van der Waals surface area contributed by atoms with Gasteiger partial charge in [0.05, 0.1) is 0 Å². The van der Waals surface area contributed by atoms with E-state index in [9.17, 15) is 4.79 Å². The zero-order valence-corrected chi connectivity index (χ0v) is 8.27. The Hall–Kier alpha value is -1.55. The second-order valence-corrected chi connectivity index (χ2v) is 2.41. The van der Waals surface area contributed by atoms with Crippen LogP contribution in [-0.2, 0) is 4.79 Å². The van der Waals surface area contributed by atoms with Crippen molar-refractivity contribution in [3.05, 3.63) is 29.8 Å². The molecular weight excluding hydrogens is 182 g/mol. The number of rotatable bonds is 2. The van der Waals surface area contributed by atoms with Gasteiger partial charge in [-0.25, -0.2) is 0 Å². The first-order valence-electron chi connectivity index (χ1n) is 4.38. The fourth-order valence-electron chi connectivity index (χ4n) is 0.824. The van der Waals surface area contributed by atoms with Crippen molar-refractivity contribution in [1.82, 2.24) is 0 Å². The normalized spacial score (nSPS) is 11.1. The Morgan fingerprint density at radius 2 is 1.71 bits per heavy atom. The number of nitrogens with two attached hydrogens (primary N) is 1. The maximum absolute atomic E-state index is 10.4. The Kier molecular flexibility index (Phi) is 5.33. The molecule has 0 saturated carbocycles. The van der Waals surface area contributed by atoms with E-state index in [1.165, 1.54) is 24.3 Å². The van der Waals surface area contributed by atoms with Crippen LogP contribution in [0.15, 0.2) is 24.3 Å². The number of phenols is 1. The summed E-state index contributed by atoms with van der Waals surface area (Å²) in [7, 11) is 0. The number of aromatic hydroxyl groups is 1. The molecule has 1 aromatic carbocycles. The van der Waals surface area contributed by atoms with E-state index in [0.717, 1.165) is 0 Å². The molecule has 0 aliphatic carbocycles. The first-order chi connectivity index (χ1) is 6.61. The first-order valence-corrected chi connectivity index (χ1v) is 4.38. The summed E-state index contributed by atoms with van der Waals surface area (Å²) in [4.78, 5) is 10.4. The van der Waals surface area contributed by atoms with Gasteiger partial charge < -0.3 is 15.9 Å². The van der Waals surface area contributed by atoms with E-state index >= 15 is 0 Å². The van der Waals surface area contributed by atoms with Crippen LogP contribution < -0.4 is 5.73 Å². The highest BCUT2D eigenvalue weighted by Crippen LogP contribution is 2.14. The maximum Gasteiger partial charge on any atom is 0.325 e. The first kappa shape index (κ1) is 12.4. The quantitative estimate of drug-likeness (QED) is 0.670. The zero-order valence-electron chi connectivity index (χ0n) is 8.27. The molecule has 14 heavy (non-hydrogen) atoms. The molecule has 0 saturated heterocycles. The molecular formula is C10H15NO3. The van der Waals surface area contributed by atoms with Gasteiger partial charge in [0.1, 0.15) is 11.8 Å². The third-order valence-corrected chi connectivity index (χ3v) is 1.52. The van der Waals surface area contributed by atoms with E-state index in [1.54, 1.807) is 0 Å². The summed E-state index contributed by atoms with van der Waals surface area (Å²) in [5.41, 5.74) is 5.78. The summed E-state index contributed by atoms with van der Waals surface area (Å²) >= 11 is 0. The van der Waals surface area contributed by atoms with Gasteiger partial charge in [-0.2, -0.15) is 0 Å². The lowest BCUT2D eigenvalue weighted by Gasteiger charge is -2.05. The molecule has 0 heterocycles. The Labute approximate surface area is 83.0 Å². The van der Waals surface area contributed by atoms with Crippen molar-refractivity contribution in [2.45, 2.75) is 19.9 Å². The highest BCUT2D eigenvalue weighted by molar-refractivity contribution is 5.75. The molecule has 1 atom stereocenters. The summed E-state index contributed by atoms with van der Waals surface area (Å²) in [6.45, 7) is 4.00. The molecule has 0 aliphatic rings. The number of phenolic OH excluding ortho intramolecular Hbond substituents is 1. The van der Waals surface area contributed by atoms with Crippen LogP contribution in [0, 0.1) is 0 Å². The van der Waals surface area contributed by atoms with Crippen molar-refractivity contribution in [1.29, 1.82) is 0 Å².